The summed E-state index contributed by atoms with van der Waals surface area (Å²) in [6.45, 7) is 5.75. The summed E-state index contributed by atoms with van der Waals surface area (Å²) in [6.07, 6.45) is 3.49. The highest BCUT2D eigenvalue weighted by Gasteiger charge is 2.36. The zero-order valence-electron chi connectivity index (χ0n) is 18.5. The first kappa shape index (κ1) is 21.8. The molecule has 2 fully saturated rings. The minimum atomic E-state index is -0.416. The van der Waals surface area contributed by atoms with Gasteiger partial charge in [-0.3, -0.25) is 14.4 Å². The maximum atomic E-state index is 12.8. The third-order valence-corrected chi connectivity index (χ3v) is 6.53. The Hall–Kier alpha value is -3.42. The Bertz CT molecular complexity index is 1040. The number of aryl methyl sites for hydroxylation is 1. The molecule has 1 aromatic heterocycles. The van der Waals surface area contributed by atoms with E-state index in [1.165, 1.54) is 0 Å². The molecule has 2 aromatic rings. The summed E-state index contributed by atoms with van der Waals surface area (Å²) >= 11 is 0. The predicted octanol–water partition coefficient (Wildman–Crippen LogP) is 2.39. The van der Waals surface area contributed by atoms with Gasteiger partial charge >= 0.3 is 0 Å². The molecule has 0 saturated carbocycles. The molecular formula is C24H29N5O3. The first-order valence-electron chi connectivity index (χ1n) is 11.0. The second-order valence-electron chi connectivity index (χ2n) is 8.71. The molecule has 168 valence electrons. The van der Waals surface area contributed by atoms with Crippen molar-refractivity contribution in [3.05, 3.63) is 47.7 Å². The lowest BCUT2D eigenvalue weighted by molar-refractivity contribution is -0.122. The average molecular weight is 436 g/mol. The van der Waals surface area contributed by atoms with E-state index in [0.29, 0.717) is 18.8 Å². The van der Waals surface area contributed by atoms with Crippen LogP contribution in [0.15, 0.2) is 36.5 Å². The van der Waals surface area contributed by atoms with Gasteiger partial charge in [0, 0.05) is 31.7 Å². The van der Waals surface area contributed by atoms with Crippen LogP contribution in [-0.2, 0) is 14.4 Å². The van der Waals surface area contributed by atoms with Crippen molar-refractivity contribution in [1.29, 1.82) is 0 Å². The minimum absolute atomic E-state index is 0.0403. The quantitative estimate of drug-likeness (QED) is 0.750. The van der Waals surface area contributed by atoms with Crippen LogP contribution in [0, 0.1) is 25.7 Å². The smallest absolute Gasteiger partial charge is 0.229 e. The summed E-state index contributed by atoms with van der Waals surface area (Å²) in [5, 5.41) is 2.89. The zero-order valence-corrected chi connectivity index (χ0v) is 18.5. The summed E-state index contributed by atoms with van der Waals surface area (Å²) in [7, 11) is 0. The fraction of sp³-hybridized carbons (Fsp3) is 0.417. The number of nitrogens with one attached hydrogen (secondary N) is 1. The first-order valence-corrected chi connectivity index (χ1v) is 11.0. The molecule has 8 heteroatoms. The van der Waals surface area contributed by atoms with Crippen LogP contribution in [0.4, 0.5) is 17.2 Å². The number of rotatable bonds is 5. The molecule has 3 amide bonds. The van der Waals surface area contributed by atoms with Crippen LogP contribution in [-0.4, -0.2) is 42.3 Å². The molecule has 2 saturated heterocycles. The number of primary amides is 1. The van der Waals surface area contributed by atoms with E-state index < -0.39 is 5.92 Å². The van der Waals surface area contributed by atoms with Crippen molar-refractivity contribution in [3.8, 4) is 0 Å². The number of hydrogen-bond donors (Lipinski definition) is 2. The zero-order chi connectivity index (χ0) is 22.8. The molecule has 8 nitrogen and oxygen atoms in total. The Kier molecular flexibility index (Phi) is 6.12. The summed E-state index contributed by atoms with van der Waals surface area (Å²) in [5.41, 5.74) is 9.08. The molecule has 3 heterocycles. The number of amides is 3. The van der Waals surface area contributed by atoms with Crippen LogP contribution in [0.3, 0.4) is 0 Å². The molecule has 0 bridgehead atoms. The molecule has 2 atom stereocenters. The molecule has 2 aliphatic heterocycles. The standard InChI is InChI=1S/C24H29N5O3/c1-15-5-3-7-20(16(15)2)29-14-18(11-22(29)30)24(32)27-19-8-9-21(26-12-19)28-10-4-6-17(13-28)23(25)31/h3,5,7-9,12,17-18H,4,6,10-11,13-14H2,1-2H3,(H2,25,31)(H,27,32). The second-order valence-corrected chi connectivity index (χ2v) is 8.71. The molecular weight excluding hydrogens is 406 g/mol. The van der Waals surface area contributed by atoms with Crippen molar-refractivity contribution in [2.75, 3.05) is 34.8 Å². The Labute approximate surface area is 187 Å². The lowest BCUT2D eigenvalue weighted by Gasteiger charge is -2.32. The van der Waals surface area contributed by atoms with Gasteiger partial charge in [-0.15, -0.1) is 0 Å². The van der Waals surface area contributed by atoms with Crippen molar-refractivity contribution < 1.29 is 14.4 Å². The highest BCUT2D eigenvalue weighted by molar-refractivity contribution is 6.03. The lowest BCUT2D eigenvalue weighted by atomic mass is 9.97. The lowest BCUT2D eigenvalue weighted by Crippen LogP contribution is -2.41. The SMILES string of the molecule is Cc1cccc(N2CC(C(=O)Nc3ccc(N4CCCC(C(N)=O)C4)nc3)CC2=O)c1C. The van der Waals surface area contributed by atoms with Crippen LogP contribution in [0.5, 0.6) is 0 Å². The van der Waals surface area contributed by atoms with Gasteiger partial charge in [0.1, 0.15) is 5.82 Å². The Morgan fingerprint density at radius 2 is 1.94 bits per heavy atom. The number of hydrogen-bond acceptors (Lipinski definition) is 5. The van der Waals surface area contributed by atoms with Crippen LogP contribution in [0.1, 0.15) is 30.4 Å². The van der Waals surface area contributed by atoms with Gasteiger partial charge in [0.2, 0.25) is 17.7 Å². The highest BCUT2D eigenvalue weighted by atomic mass is 16.2. The van der Waals surface area contributed by atoms with E-state index in [9.17, 15) is 14.4 Å². The fourth-order valence-corrected chi connectivity index (χ4v) is 4.45. The van der Waals surface area contributed by atoms with Crippen molar-refractivity contribution in [2.45, 2.75) is 33.1 Å². The van der Waals surface area contributed by atoms with Crippen molar-refractivity contribution >= 4 is 34.9 Å². The van der Waals surface area contributed by atoms with Gasteiger partial charge in [0.25, 0.3) is 0 Å². The molecule has 2 aliphatic rings. The number of nitrogens with zero attached hydrogens (tertiary/aromatic N) is 3. The maximum absolute atomic E-state index is 12.8. The van der Waals surface area contributed by atoms with Gasteiger partial charge in [0.05, 0.1) is 23.7 Å². The molecule has 0 spiro atoms. The van der Waals surface area contributed by atoms with E-state index in [-0.39, 0.29) is 30.1 Å². The van der Waals surface area contributed by atoms with Gasteiger partial charge in [-0.05, 0) is 56.0 Å². The van der Waals surface area contributed by atoms with E-state index in [4.69, 9.17) is 5.73 Å². The Balaban J connectivity index is 1.38. The molecule has 32 heavy (non-hydrogen) atoms. The van der Waals surface area contributed by atoms with Crippen molar-refractivity contribution in [1.82, 2.24) is 4.98 Å². The summed E-state index contributed by atoms with van der Waals surface area (Å²) < 4.78 is 0. The van der Waals surface area contributed by atoms with Crippen LogP contribution < -0.4 is 20.9 Å². The largest absolute Gasteiger partial charge is 0.369 e. The van der Waals surface area contributed by atoms with Crippen molar-refractivity contribution in [3.63, 3.8) is 0 Å². The van der Waals surface area contributed by atoms with Gasteiger partial charge in [0.15, 0.2) is 0 Å². The number of aromatic nitrogens is 1. The van der Waals surface area contributed by atoms with Gasteiger partial charge < -0.3 is 20.9 Å². The molecule has 4 rings (SSSR count). The van der Waals surface area contributed by atoms with Gasteiger partial charge in [-0.25, -0.2) is 4.98 Å². The van der Waals surface area contributed by atoms with Crippen molar-refractivity contribution in [2.24, 2.45) is 17.6 Å². The van der Waals surface area contributed by atoms with E-state index in [1.54, 1.807) is 17.2 Å². The maximum Gasteiger partial charge on any atom is 0.229 e. The first-order chi connectivity index (χ1) is 15.3. The van der Waals surface area contributed by atoms with E-state index in [1.807, 2.05) is 43.0 Å². The fourth-order valence-electron chi connectivity index (χ4n) is 4.45. The van der Waals surface area contributed by atoms with E-state index >= 15 is 0 Å². The number of piperidine rings is 1. The summed E-state index contributed by atoms with van der Waals surface area (Å²) in [4.78, 5) is 45.1. The summed E-state index contributed by atoms with van der Waals surface area (Å²) in [6, 6.07) is 9.50. The van der Waals surface area contributed by atoms with Crippen LogP contribution in [0.2, 0.25) is 0 Å². The number of carbonyl (C=O) groups is 3. The Morgan fingerprint density at radius 1 is 1.12 bits per heavy atom. The summed E-state index contributed by atoms with van der Waals surface area (Å²) in [5.74, 6) is -0.329. The topological polar surface area (TPSA) is 109 Å². The van der Waals surface area contributed by atoms with Gasteiger partial charge in [-0.1, -0.05) is 12.1 Å². The molecule has 3 N–H and O–H groups in total. The number of benzene rings is 1. The van der Waals surface area contributed by atoms with Crippen LogP contribution >= 0.6 is 0 Å². The monoisotopic (exact) mass is 435 g/mol. The number of pyridine rings is 1. The number of carbonyl (C=O) groups excluding carboxylic acids is 3. The van der Waals surface area contributed by atoms with Gasteiger partial charge in [-0.2, -0.15) is 0 Å². The molecule has 0 radical (unpaired) electrons. The number of anilines is 3. The predicted molar refractivity (Wildman–Crippen MR) is 123 cm³/mol. The Morgan fingerprint density at radius 3 is 2.66 bits per heavy atom. The van der Waals surface area contributed by atoms with E-state index in [0.717, 1.165) is 42.0 Å². The average Bonchev–Trinajstić information content (AvgIpc) is 3.18. The van der Waals surface area contributed by atoms with Crippen LogP contribution in [0.25, 0.3) is 0 Å². The second kappa shape index (κ2) is 8.98. The third kappa shape index (κ3) is 4.44. The van der Waals surface area contributed by atoms with E-state index in [2.05, 4.69) is 10.3 Å². The molecule has 1 aromatic carbocycles. The minimum Gasteiger partial charge on any atom is -0.369 e. The normalized spacial score (nSPS) is 21.0. The number of nitrogens with two attached hydrogens (primary N) is 1. The molecule has 2 unspecified atom stereocenters. The third-order valence-electron chi connectivity index (χ3n) is 6.53. The highest BCUT2D eigenvalue weighted by Crippen LogP contribution is 2.30. The molecule has 0 aliphatic carbocycles.